The first-order chi connectivity index (χ1) is 13.4. The maximum absolute atomic E-state index is 12.3. The van der Waals surface area contributed by atoms with Crippen molar-refractivity contribution in [3.8, 4) is 0 Å². The number of likely N-dealkylation sites (N-methyl/N-ethyl adjacent to an activating group) is 1. The molecule has 28 heavy (non-hydrogen) atoms. The number of carbonyl (C=O) groups excluding carboxylic acids is 1. The molecule has 0 bridgehead atoms. The van der Waals surface area contributed by atoms with E-state index in [1.165, 1.54) is 6.92 Å². The Balaban J connectivity index is 2.55. The number of allylic oxidation sites excluding steroid dienone is 2. The lowest BCUT2D eigenvalue weighted by molar-refractivity contribution is -0.207. The molecule has 152 valence electrons. The van der Waals surface area contributed by atoms with Crippen molar-refractivity contribution in [2.24, 2.45) is 0 Å². The molecule has 0 heterocycles. The molecular formula is C22H29NO5. The van der Waals surface area contributed by atoms with Gasteiger partial charge in [-0.3, -0.25) is 0 Å². The van der Waals surface area contributed by atoms with E-state index >= 15 is 0 Å². The minimum Gasteiger partial charge on any atom is -0.479 e. The van der Waals surface area contributed by atoms with Gasteiger partial charge in [0.05, 0.1) is 6.04 Å². The van der Waals surface area contributed by atoms with Gasteiger partial charge < -0.3 is 24.7 Å². The summed E-state index contributed by atoms with van der Waals surface area (Å²) in [6.45, 7) is 5.74. The molecule has 2 N–H and O–H groups in total. The summed E-state index contributed by atoms with van der Waals surface area (Å²) >= 11 is 0. The molecule has 0 fully saturated rings. The van der Waals surface area contributed by atoms with Crippen LogP contribution in [0.25, 0.3) is 0 Å². The fraction of sp³-hybridized carbons (Fsp3) is 0.455. The van der Waals surface area contributed by atoms with Gasteiger partial charge in [-0.1, -0.05) is 49.4 Å². The number of aliphatic carboxylic acids is 1. The minimum atomic E-state index is -1.69. The molecule has 0 aromatic heterocycles. The van der Waals surface area contributed by atoms with Crippen LogP contribution in [0, 0.1) is 0 Å². The smallest absolute Gasteiger partial charge is 0.339 e. The number of benzene rings is 1. The van der Waals surface area contributed by atoms with Crippen molar-refractivity contribution in [1.29, 1.82) is 0 Å². The van der Waals surface area contributed by atoms with Crippen molar-refractivity contribution in [3.63, 3.8) is 0 Å². The van der Waals surface area contributed by atoms with Crippen LogP contribution in [0.1, 0.15) is 26.3 Å². The quantitative estimate of drug-likeness (QED) is 0.568. The van der Waals surface area contributed by atoms with Crippen LogP contribution in [0.15, 0.2) is 54.1 Å². The molecule has 1 aromatic carbocycles. The minimum absolute atomic E-state index is 0.194. The Morgan fingerprint density at radius 1 is 1.32 bits per heavy atom. The topological polar surface area (TPSA) is 84.9 Å². The average Bonchev–Trinajstić information content (AvgIpc) is 2.69. The molecule has 3 atom stereocenters. The van der Waals surface area contributed by atoms with E-state index in [-0.39, 0.29) is 13.2 Å². The number of nitrogens with one attached hydrogen (secondary N) is 1. The van der Waals surface area contributed by atoms with E-state index < -0.39 is 23.2 Å². The predicted molar refractivity (Wildman–Crippen MR) is 107 cm³/mol. The molecule has 1 aliphatic rings. The lowest BCUT2D eigenvalue weighted by atomic mass is 9.71. The highest BCUT2D eigenvalue weighted by atomic mass is 16.6. The van der Waals surface area contributed by atoms with E-state index in [4.69, 9.17) is 9.47 Å². The maximum Gasteiger partial charge on any atom is 0.339 e. The first-order valence-electron chi connectivity index (χ1n) is 9.55. The van der Waals surface area contributed by atoms with Crippen molar-refractivity contribution in [3.05, 3.63) is 59.7 Å². The van der Waals surface area contributed by atoms with Crippen molar-refractivity contribution < 1.29 is 24.2 Å². The van der Waals surface area contributed by atoms with Gasteiger partial charge in [-0.15, -0.1) is 0 Å². The maximum atomic E-state index is 12.3. The number of hydrogen-bond donors (Lipinski definition) is 2. The van der Waals surface area contributed by atoms with Gasteiger partial charge in [-0.25, -0.2) is 4.79 Å². The van der Waals surface area contributed by atoms with Crippen LogP contribution < -0.4 is 5.32 Å². The van der Waals surface area contributed by atoms with Crippen LogP contribution in [0.4, 0.5) is 0 Å². The second kappa shape index (κ2) is 9.78. The lowest BCUT2D eigenvalue weighted by Gasteiger charge is -2.49. The van der Waals surface area contributed by atoms with Gasteiger partial charge >= 0.3 is 5.97 Å². The van der Waals surface area contributed by atoms with Crippen molar-refractivity contribution in [1.82, 2.24) is 5.32 Å². The van der Waals surface area contributed by atoms with Crippen molar-refractivity contribution in [2.45, 2.75) is 44.4 Å². The molecule has 1 aliphatic carbocycles. The molecule has 6 heteroatoms. The number of ether oxygens (including phenoxy) is 2. The fourth-order valence-electron chi connectivity index (χ4n) is 3.77. The summed E-state index contributed by atoms with van der Waals surface area (Å²) in [5.74, 6) is -1.14. The zero-order valence-corrected chi connectivity index (χ0v) is 16.7. The normalized spacial score (nSPS) is 23.7. The van der Waals surface area contributed by atoms with Crippen LogP contribution in [-0.4, -0.2) is 54.4 Å². The zero-order valence-electron chi connectivity index (χ0n) is 16.7. The highest BCUT2D eigenvalue weighted by Gasteiger charge is 2.60. The van der Waals surface area contributed by atoms with Crippen molar-refractivity contribution >= 4 is 12.3 Å². The predicted octanol–water partition coefficient (Wildman–Crippen LogP) is 2.54. The summed E-state index contributed by atoms with van der Waals surface area (Å²) in [4.78, 5) is 23.4. The van der Waals surface area contributed by atoms with Crippen LogP contribution >= 0.6 is 0 Å². The Hall–Kier alpha value is -2.28. The number of hydrogen-bond acceptors (Lipinski definition) is 5. The van der Waals surface area contributed by atoms with Crippen molar-refractivity contribution in [2.75, 3.05) is 19.8 Å². The number of carbonyl (C=O) groups is 2. The molecule has 0 spiro atoms. The number of rotatable bonds is 11. The molecule has 2 rings (SSSR count). The molecule has 1 aromatic rings. The molecule has 0 saturated carbocycles. The summed E-state index contributed by atoms with van der Waals surface area (Å²) in [6.07, 6.45) is 6.70. The summed E-state index contributed by atoms with van der Waals surface area (Å²) in [7, 11) is 0. The third-order valence-electron chi connectivity index (χ3n) is 5.09. The van der Waals surface area contributed by atoms with E-state index in [0.29, 0.717) is 19.3 Å². The molecular weight excluding hydrogens is 358 g/mol. The van der Waals surface area contributed by atoms with E-state index in [9.17, 15) is 14.7 Å². The number of aldehydes is 1. The Morgan fingerprint density at radius 3 is 2.61 bits per heavy atom. The SMILES string of the molecule is CCNC1C(Cc2ccccc2)=CC=CC1(OCC=O)C(C)(OCC)C(=O)O. The molecule has 0 radical (unpaired) electrons. The van der Waals surface area contributed by atoms with Gasteiger partial charge in [-0.2, -0.15) is 0 Å². The van der Waals surface area contributed by atoms with Crippen LogP contribution in [0.5, 0.6) is 0 Å². The Morgan fingerprint density at radius 2 is 2.04 bits per heavy atom. The van der Waals surface area contributed by atoms with E-state index in [2.05, 4.69) is 5.32 Å². The van der Waals surface area contributed by atoms with E-state index in [0.717, 1.165) is 11.1 Å². The number of carboxylic acid groups (broad SMARTS) is 1. The van der Waals surface area contributed by atoms with E-state index in [1.807, 2.05) is 43.3 Å². The molecule has 3 unspecified atom stereocenters. The highest BCUT2D eigenvalue weighted by molar-refractivity contribution is 5.80. The highest BCUT2D eigenvalue weighted by Crippen LogP contribution is 2.40. The van der Waals surface area contributed by atoms with Gasteiger partial charge in [0.25, 0.3) is 0 Å². The third-order valence-corrected chi connectivity index (χ3v) is 5.09. The molecule has 0 amide bonds. The lowest BCUT2D eigenvalue weighted by Crippen LogP contribution is -2.69. The number of carboxylic acids is 1. The fourth-order valence-corrected chi connectivity index (χ4v) is 3.77. The van der Waals surface area contributed by atoms with Gasteiger partial charge in [0, 0.05) is 6.61 Å². The zero-order chi connectivity index (χ0) is 20.6. The Bertz CT molecular complexity index is 730. The largest absolute Gasteiger partial charge is 0.479 e. The van der Waals surface area contributed by atoms with Crippen LogP contribution in [0.2, 0.25) is 0 Å². The summed E-state index contributed by atoms with van der Waals surface area (Å²) in [6, 6.07) is 9.46. The first kappa shape index (κ1) is 22.0. The first-order valence-corrected chi connectivity index (χ1v) is 9.55. The second-order valence-electron chi connectivity index (χ2n) is 6.80. The van der Waals surface area contributed by atoms with Gasteiger partial charge in [-0.05, 0) is 44.0 Å². The third kappa shape index (κ3) is 4.24. The van der Waals surface area contributed by atoms with Gasteiger partial charge in [0.15, 0.2) is 5.60 Å². The van der Waals surface area contributed by atoms with Crippen LogP contribution in [-0.2, 0) is 25.5 Å². The monoisotopic (exact) mass is 387 g/mol. The Kier molecular flexibility index (Phi) is 7.69. The Labute approximate surface area is 166 Å². The molecule has 0 saturated heterocycles. The van der Waals surface area contributed by atoms with E-state index in [1.54, 1.807) is 19.1 Å². The molecule has 0 aliphatic heterocycles. The second-order valence-corrected chi connectivity index (χ2v) is 6.80. The average molecular weight is 387 g/mol. The van der Waals surface area contributed by atoms with Gasteiger partial charge in [0.2, 0.25) is 0 Å². The van der Waals surface area contributed by atoms with Gasteiger partial charge in [0.1, 0.15) is 18.5 Å². The summed E-state index contributed by atoms with van der Waals surface area (Å²) in [5.41, 5.74) is -1.01. The standard InChI is InChI=1S/C22H29NO5/c1-4-23-19-18(16-17-10-7-6-8-11-17)12-9-13-22(19,28-15-14-24)21(3,20(25)26)27-5-2/h6-14,19,23H,4-5,15-16H2,1-3H3,(H,25,26). The van der Waals surface area contributed by atoms with Crippen LogP contribution in [0.3, 0.4) is 0 Å². The summed E-state index contributed by atoms with van der Waals surface area (Å²) in [5, 5.41) is 13.4. The molecule has 6 nitrogen and oxygen atoms in total. The summed E-state index contributed by atoms with van der Waals surface area (Å²) < 4.78 is 11.7.